The first-order valence-electron chi connectivity index (χ1n) is 5.80. The summed E-state index contributed by atoms with van der Waals surface area (Å²) in [6.45, 7) is 2.93. The Balaban J connectivity index is 1.83. The van der Waals surface area contributed by atoms with E-state index in [9.17, 15) is 5.11 Å². The standard InChI is InChI=1S/C14H17NO2/c1-11(12-4-2-5-13(16)10-12)15-8-7-14-6-3-9-17-14/h2-6,9-11,15-16H,7-8H2,1H3. The molecule has 1 heterocycles. The molecule has 0 spiro atoms. The van der Waals surface area contributed by atoms with Gasteiger partial charge in [0.15, 0.2) is 0 Å². The molecule has 3 heteroatoms. The SMILES string of the molecule is CC(NCCc1ccco1)c1cccc(O)c1. The monoisotopic (exact) mass is 231 g/mol. The second-order valence-corrected chi connectivity index (χ2v) is 4.10. The van der Waals surface area contributed by atoms with Crippen molar-refractivity contribution >= 4 is 0 Å². The van der Waals surface area contributed by atoms with Crippen LogP contribution in [0.15, 0.2) is 47.1 Å². The average Bonchev–Trinajstić information content (AvgIpc) is 2.82. The number of phenols is 1. The number of rotatable bonds is 5. The Morgan fingerprint density at radius 2 is 2.18 bits per heavy atom. The molecule has 0 aliphatic rings. The Hall–Kier alpha value is -1.74. The highest BCUT2D eigenvalue weighted by molar-refractivity contribution is 5.29. The lowest BCUT2D eigenvalue weighted by Crippen LogP contribution is -2.21. The van der Waals surface area contributed by atoms with Crippen LogP contribution in [0.2, 0.25) is 0 Å². The lowest BCUT2D eigenvalue weighted by atomic mass is 10.1. The van der Waals surface area contributed by atoms with Crippen LogP contribution in [0.1, 0.15) is 24.3 Å². The number of aromatic hydroxyl groups is 1. The van der Waals surface area contributed by atoms with Crippen LogP contribution >= 0.6 is 0 Å². The van der Waals surface area contributed by atoms with Crippen molar-refractivity contribution in [2.24, 2.45) is 0 Å². The van der Waals surface area contributed by atoms with Gasteiger partial charge in [0.05, 0.1) is 6.26 Å². The molecule has 1 unspecified atom stereocenters. The number of phenolic OH excluding ortho intramolecular Hbond substituents is 1. The van der Waals surface area contributed by atoms with Crippen molar-refractivity contribution in [3.05, 3.63) is 54.0 Å². The van der Waals surface area contributed by atoms with E-state index in [-0.39, 0.29) is 6.04 Å². The zero-order chi connectivity index (χ0) is 12.1. The fourth-order valence-corrected chi connectivity index (χ4v) is 1.78. The van der Waals surface area contributed by atoms with Gasteiger partial charge in [0.1, 0.15) is 11.5 Å². The summed E-state index contributed by atoms with van der Waals surface area (Å²) in [7, 11) is 0. The van der Waals surface area contributed by atoms with Crippen molar-refractivity contribution in [1.29, 1.82) is 0 Å². The summed E-state index contributed by atoms with van der Waals surface area (Å²) in [6, 6.07) is 11.4. The number of benzene rings is 1. The molecular formula is C14H17NO2. The van der Waals surface area contributed by atoms with Crippen molar-refractivity contribution in [3.63, 3.8) is 0 Å². The third-order valence-electron chi connectivity index (χ3n) is 2.77. The van der Waals surface area contributed by atoms with E-state index in [0.29, 0.717) is 5.75 Å². The molecule has 0 aliphatic heterocycles. The van der Waals surface area contributed by atoms with E-state index < -0.39 is 0 Å². The Labute approximate surface area is 101 Å². The largest absolute Gasteiger partial charge is 0.508 e. The highest BCUT2D eigenvalue weighted by Gasteiger charge is 2.05. The fraction of sp³-hybridized carbons (Fsp3) is 0.286. The van der Waals surface area contributed by atoms with E-state index in [0.717, 1.165) is 24.3 Å². The predicted molar refractivity (Wildman–Crippen MR) is 66.9 cm³/mol. The predicted octanol–water partition coefficient (Wildman–Crippen LogP) is 2.88. The Morgan fingerprint density at radius 1 is 1.29 bits per heavy atom. The molecule has 90 valence electrons. The van der Waals surface area contributed by atoms with E-state index in [1.165, 1.54) is 0 Å². The highest BCUT2D eigenvalue weighted by atomic mass is 16.3. The molecule has 2 rings (SSSR count). The normalized spacial score (nSPS) is 12.5. The molecule has 0 amide bonds. The number of nitrogens with one attached hydrogen (secondary N) is 1. The molecule has 2 aromatic rings. The molecule has 0 saturated heterocycles. The average molecular weight is 231 g/mol. The van der Waals surface area contributed by atoms with Gasteiger partial charge in [-0.25, -0.2) is 0 Å². The van der Waals surface area contributed by atoms with Gasteiger partial charge in [0, 0.05) is 19.0 Å². The van der Waals surface area contributed by atoms with Crippen LogP contribution in [0.4, 0.5) is 0 Å². The van der Waals surface area contributed by atoms with Crippen molar-refractivity contribution in [2.45, 2.75) is 19.4 Å². The maximum absolute atomic E-state index is 9.39. The minimum atomic E-state index is 0.220. The fourth-order valence-electron chi connectivity index (χ4n) is 1.78. The molecular weight excluding hydrogens is 214 g/mol. The second-order valence-electron chi connectivity index (χ2n) is 4.10. The number of hydrogen-bond donors (Lipinski definition) is 2. The third-order valence-corrected chi connectivity index (χ3v) is 2.77. The maximum Gasteiger partial charge on any atom is 0.115 e. The van der Waals surface area contributed by atoms with Crippen molar-refractivity contribution in [1.82, 2.24) is 5.32 Å². The second kappa shape index (κ2) is 5.55. The number of furan rings is 1. The maximum atomic E-state index is 9.39. The van der Waals surface area contributed by atoms with E-state index >= 15 is 0 Å². The smallest absolute Gasteiger partial charge is 0.115 e. The molecule has 0 radical (unpaired) electrons. The van der Waals surface area contributed by atoms with Gasteiger partial charge in [-0.2, -0.15) is 0 Å². The van der Waals surface area contributed by atoms with Crippen LogP contribution in [-0.4, -0.2) is 11.7 Å². The minimum Gasteiger partial charge on any atom is -0.508 e. The number of hydrogen-bond acceptors (Lipinski definition) is 3. The molecule has 17 heavy (non-hydrogen) atoms. The van der Waals surface area contributed by atoms with E-state index in [2.05, 4.69) is 12.2 Å². The van der Waals surface area contributed by atoms with Gasteiger partial charge in [-0.3, -0.25) is 0 Å². The van der Waals surface area contributed by atoms with Crippen LogP contribution in [-0.2, 0) is 6.42 Å². The Morgan fingerprint density at radius 3 is 2.88 bits per heavy atom. The van der Waals surface area contributed by atoms with E-state index in [4.69, 9.17) is 4.42 Å². The summed E-state index contributed by atoms with van der Waals surface area (Å²) < 4.78 is 5.26. The highest BCUT2D eigenvalue weighted by Crippen LogP contribution is 2.17. The van der Waals surface area contributed by atoms with Gasteiger partial charge in [0.2, 0.25) is 0 Å². The summed E-state index contributed by atoms with van der Waals surface area (Å²) in [5.74, 6) is 1.29. The molecule has 0 saturated carbocycles. The quantitative estimate of drug-likeness (QED) is 0.831. The van der Waals surface area contributed by atoms with Gasteiger partial charge in [0.25, 0.3) is 0 Å². The lowest BCUT2D eigenvalue weighted by molar-refractivity contribution is 0.469. The van der Waals surface area contributed by atoms with Crippen molar-refractivity contribution < 1.29 is 9.52 Å². The van der Waals surface area contributed by atoms with Gasteiger partial charge in [-0.15, -0.1) is 0 Å². The summed E-state index contributed by atoms with van der Waals surface area (Å²) >= 11 is 0. The first-order chi connectivity index (χ1) is 8.25. The van der Waals surface area contributed by atoms with Crippen LogP contribution in [0, 0.1) is 0 Å². The summed E-state index contributed by atoms with van der Waals surface area (Å²) in [5.41, 5.74) is 1.09. The van der Waals surface area contributed by atoms with Gasteiger partial charge >= 0.3 is 0 Å². The molecule has 1 aromatic heterocycles. The first-order valence-corrected chi connectivity index (χ1v) is 5.80. The Kier molecular flexibility index (Phi) is 3.83. The molecule has 0 bridgehead atoms. The van der Waals surface area contributed by atoms with Gasteiger partial charge in [-0.05, 0) is 36.8 Å². The zero-order valence-corrected chi connectivity index (χ0v) is 9.89. The molecule has 0 aliphatic carbocycles. The summed E-state index contributed by atoms with van der Waals surface area (Å²) in [6.07, 6.45) is 2.56. The lowest BCUT2D eigenvalue weighted by Gasteiger charge is -2.13. The summed E-state index contributed by atoms with van der Waals surface area (Å²) in [4.78, 5) is 0. The molecule has 2 N–H and O–H groups in total. The van der Waals surface area contributed by atoms with Gasteiger partial charge < -0.3 is 14.8 Å². The van der Waals surface area contributed by atoms with Crippen LogP contribution in [0.5, 0.6) is 5.75 Å². The topological polar surface area (TPSA) is 45.4 Å². The van der Waals surface area contributed by atoms with Crippen LogP contribution in [0.3, 0.4) is 0 Å². The van der Waals surface area contributed by atoms with Crippen LogP contribution in [0.25, 0.3) is 0 Å². The molecule has 3 nitrogen and oxygen atoms in total. The van der Waals surface area contributed by atoms with Crippen molar-refractivity contribution in [2.75, 3.05) is 6.54 Å². The van der Waals surface area contributed by atoms with Gasteiger partial charge in [-0.1, -0.05) is 12.1 Å². The molecule has 0 fully saturated rings. The Bertz CT molecular complexity index is 451. The van der Waals surface area contributed by atoms with E-state index in [1.54, 1.807) is 18.4 Å². The summed E-state index contributed by atoms with van der Waals surface area (Å²) in [5, 5.41) is 12.8. The zero-order valence-electron chi connectivity index (χ0n) is 9.89. The minimum absolute atomic E-state index is 0.220. The molecule has 1 atom stereocenters. The molecule has 1 aromatic carbocycles. The first kappa shape index (κ1) is 11.7. The third kappa shape index (κ3) is 3.36. The van der Waals surface area contributed by atoms with Crippen molar-refractivity contribution in [3.8, 4) is 5.75 Å². The van der Waals surface area contributed by atoms with Crippen LogP contribution < -0.4 is 5.32 Å². The van der Waals surface area contributed by atoms with E-state index in [1.807, 2.05) is 24.3 Å².